The molecule has 0 aromatic carbocycles. The molecule has 1 atom stereocenters. The van der Waals surface area contributed by atoms with Gasteiger partial charge in [-0.1, -0.05) is 25.3 Å². The Hall–Kier alpha value is -4.56. The molecule has 0 fully saturated rings. The number of aromatic nitrogens is 2. The van der Waals surface area contributed by atoms with Crippen molar-refractivity contribution in [1.82, 2.24) is 30.0 Å². The van der Waals surface area contributed by atoms with E-state index in [1.807, 2.05) is 42.8 Å². The van der Waals surface area contributed by atoms with E-state index >= 15 is 0 Å². The Kier molecular flexibility index (Phi) is 25.8. The molecule has 0 saturated carbocycles. The minimum Gasteiger partial charge on any atom is -0.412 e. The van der Waals surface area contributed by atoms with E-state index in [1.54, 1.807) is 38.1 Å². The molecular weight excluding hydrogens is 646 g/mol. The van der Waals surface area contributed by atoms with Crippen LogP contribution in [0.4, 0.5) is 9.59 Å². The fraction of sp³-hybridized carbons (Fsp3) is 0.457. The van der Waals surface area contributed by atoms with Crippen LogP contribution < -0.4 is 5.32 Å². The lowest BCUT2D eigenvalue weighted by Gasteiger charge is -2.19. The second-order valence-electron chi connectivity index (χ2n) is 10.7. The van der Waals surface area contributed by atoms with Gasteiger partial charge in [0.1, 0.15) is 6.29 Å². The van der Waals surface area contributed by atoms with Crippen molar-refractivity contribution in [3.63, 3.8) is 0 Å². The summed E-state index contributed by atoms with van der Waals surface area (Å²) in [5.41, 5.74) is 2.76. The number of rotatable bonds is 18. The maximum Gasteiger partial charge on any atom is 0.412 e. The molecule has 0 radical (unpaired) electrons. The molecule has 0 saturated heterocycles. The average molecular weight is 700 g/mol. The van der Waals surface area contributed by atoms with Crippen LogP contribution in [-0.4, -0.2) is 127 Å². The summed E-state index contributed by atoms with van der Waals surface area (Å²) in [6, 6.07) is 11.3. The maximum atomic E-state index is 11.9. The topological polar surface area (TPSA) is 147 Å². The van der Waals surface area contributed by atoms with Gasteiger partial charge in [-0.3, -0.25) is 19.8 Å². The van der Waals surface area contributed by atoms with Crippen molar-refractivity contribution in [2.45, 2.75) is 38.6 Å². The molecule has 1 unspecified atom stereocenters. The van der Waals surface area contributed by atoms with E-state index < -0.39 is 19.0 Å². The Morgan fingerprint density at radius 3 is 1.90 bits per heavy atom. The molecule has 2 aromatic heterocycles. The van der Waals surface area contributed by atoms with Crippen LogP contribution >= 0.6 is 11.8 Å². The number of nitrogens with zero attached hydrogens (tertiary/aromatic N) is 6. The van der Waals surface area contributed by atoms with Crippen LogP contribution in [0.15, 0.2) is 79.2 Å². The van der Waals surface area contributed by atoms with E-state index in [1.165, 1.54) is 28.6 Å². The number of carbonyl (C=O) groups excluding carboxylic acids is 4. The van der Waals surface area contributed by atoms with Gasteiger partial charge in [-0.25, -0.2) is 9.59 Å². The maximum absolute atomic E-state index is 11.9. The molecule has 3 amide bonds. The lowest BCUT2D eigenvalue weighted by molar-refractivity contribution is -0.122. The molecule has 2 aromatic rings. The van der Waals surface area contributed by atoms with Crippen molar-refractivity contribution in [3.8, 4) is 0 Å². The van der Waals surface area contributed by atoms with Crippen LogP contribution in [-0.2, 0) is 31.9 Å². The second kappa shape index (κ2) is 28.5. The van der Waals surface area contributed by atoms with Gasteiger partial charge < -0.3 is 34.3 Å². The van der Waals surface area contributed by atoms with E-state index in [9.17, 15) is 19.2 Å². The zero-order valence-corrected chi connectivity index (χ0v) is 30.6. The summed E-state index contributed by atoms with van der Waals surface area (Å²) in [6.07, 6.45) is 11.0. The standard InChI is InChI=1S/C19H26N4O4.C9H14N2.C7H13NO2S/c1-5-16(20-6-2)10-13-22(3)18(24)26-15-27-19(25)23(4)14-11-17-9-7-8-12-21-17;1-11(2)8-6-9-5-3-4-7-10-9;1-6(10)8-7(5-9)3-4-11-2/h5-9,12H,1-2,10-11,13-15H2,3-4H3;3-5,7H,6,8H2,1-2H3;5,7H,3-4H2,1-2H3,(H,8,10). The van der Waals surface area contributed by atoms with Gasteiger partial charge in [0.25, 0.3) is 0 Å². The van der Waals surface area contributed by atoms with Gasteiger partial charge >= 0.3 is 12.2 Å². The fourth-order valence-electron chi connectivity index (χ4n) is 3.54. The average Bonchev–Trinajstić information content (AvgIpc) is 3.10. The molecular formula is C35H53N7O6S. The molecule has 1 N–H and O–H groups in total. The quantitative estimate of drug-likeness (QED) is 0.134. The van der Waals surface area contributed by atoms with Crippen LogP contribution in [0.2, 0.25) is 0 Å². The monoisotopic (exact) mass is 699 g/mol. The van der Waals surface area contributed by atoms with E-state index in [2.05, 4.69) is 58.5 Å². The van der Waals surface area contributed by atoms with Crippen molar-refractivity contribution in [2.24, 2.45) is 4.99 Å². The number of ether oxygens (including phenoxy) is 2. The Morgan fingerprint density at radius 2 is 1.47 bits per heavy atom. The molecule has 270 valence electrons. The number of hydrogen-bond acceptors (Lipinski definition) is 11. The van der Waals surface area contributed by atoms with Gasteiger partial charge in [0.15, 0.2) is 0 Å². The van der Waals surface area contributed by atoms with Crippen molar-refractivity contribution < 1.29 is 28.7 Å². The minimum atomic E-state index is -0.596. The van der Waals surface area contributed by atoms with Crippen molar-refractivity contribution >= 4 is 41.9 Å². The van der Waals surface area contributed by atoms with Crippen molar-refractivity contribution in [1.29, 1.82) is 0 Å². The van der Waals surface area contributed by atoms with Gasteiger partial charge in [0.05, 0.1) is 6.04 Å². The lowest BCUT2D eigenvalue weighted by Crippen LogP contribution is -2.34. The zero-order valence-electron chi connectivity index (χ0n) is 29.7. The Morgan fingerprint density at radius 1 is 0.918 bits per heavy atom. The number of carbonyl (C=O) groups is 4. The highest BCUT2D eigenvalue weighted by Gasteiger charge is 2.14. The fourth-order valence-corrected chi connectivity index (χ4v) is 4.03. The highest BCUT2D eigenvalue weighted by Crippen LogP contribution is 2.01. The van der Waals surface area contributed by atoms with Crippen molar-refractivity contribution in [2.75, 3.05) is 66.6 Å². The third kappa shape index (κ3) is 24.3. The number of pyridine rings is 2. The molecule has 0 spiro atoms. The number of nitrogens with one attached hydrogen (secondary N) is 1. The number of likely N-dealkylation sites (N-methyl/N-ethyl adjacent to an activating group) is 2. The number of aldehydes is 1. The Labute approximate surface area is 295 Å². The summed E-state index contributed by atoms with van der Waals surface area (Å²) in [5.74, 6) is 0.743. The number of amides is 3. The van der Waals surface area contributed by atoms with Gasteiger partial charge in [-0.2, -0.15) is 11.8 Å². The summed E-state index contributed by atoms with van der Waals surface area (Å²) in [6.45, 7) is 10.0. The van der Waals surface area contributed by atoms with Crippen LogP contribution in [0.1, 0.15) is 31.2 Å². The summed E-state index contributed by atoms with van der Waals surface area (Å²) in [7, 11) is 7.33. The van der Waals surface area contributed by atoms with E-state index in [0.29, 0.717) is 38.1 Å². The highest BCUT2D eigenvalue weighted by molar-refractivity contribution is 7.98. The Balaban J connectivity index is 0.000000854. The predicted molar refractivity (Wildman–Crippen MR) is 197 cm³/mol. The lowest BCUT2D eigenvalue weighted by atomic mass is 10.2. The van der Waals surface area contributed by atoms with Crippen molar-refractivity contribution in [3.05, 3.63) is 85.6 Å². The molecule has 2 heterocycles. The van der Waals surface area contributed by atoms with Gasteiger partial charge in [-0.05, 0) is 62.9 Å². The molecule has 0 bridgehead atoms. The smallest absolute Gasteiger partial charge is 0.412 e. The van der Waals surface area contributed by atoms with Crippen LogP contribution in [0.3, 0.4) is 0 Å². The molecule has 0 aliphatic heterocycles. The highest BCUT2D eigenvalue weighted by atomic mass is 32.2. The molecule has 13 nitrogen and oxygen atoms in total. The normalized spacial score (nSPS) is 11.0. The largest absolute Gasteiger partial charge is 0.412 e. The number of thioether (sulfide) groups is 1. The molecule has 14 heteroatoms. The van der Waals surface area contributed by atoms with E-state index in [0.717, 1.165) is 30.7 Å². The first-order valence-electron chi connectivity index (χ1n) is 15.7. The van der Waals surface area contributed by atoms with Crippen LogP contribution in [0.5, 0.6) is 0 Å². The first-order chi connectivity index (χ1) is 23.5. The van der Waals surface area contributed by atoms with Gasteiger partial charge in [0, 0.05) is 95.6 Å². The van der Waals surface area contributed by atoms with Gasteiger partial charge in [0.2, 0.25) is 12.7 Å². The third-order valence-corrected chi connectivity index (χ3v) is 6.98. The van der Waals surface area contributed by atoms with Crippen LogP contribution in [0.25, 0.3) is 0 Å². The summed E-state index contributed by atoms with van der Waals surface area (Å²) in [5, 5.41) is 2.54. The third-order valence-electron chi connectivity index (χ3n) is 6.34. The minimum absolute atomic E-state index is 0.150. The number of hydrogen-bond donors (Lipinski definition) is 1. The molecule has 0 aliphatic carbocycles. The Bertz CT molecular complexity index is 1270. The first-order valence-corrected chi connectivity index (χ1v) is 17.1. The number of aliphatic imine (C=N–C) groups is 1. The van der Waals surface area contributed by atoms with E-state index in [4.69, 9.17) is 9.47 Å². The summed E-state index contributed by atoms with van der Waals surface area (Å²) < 4.78 is 9.87. The van der Waals surface area contributed by atoms with Crippen LogP contribution in [0, 0.1) is 0 Å². The zero-order chi connectivity index (χ0) is 36.9. The second-order valence-corrected chi connectivity index (χ2v) is 11.7. The molecule has 2 rings (SSSR count). The first kappa shape index (κ1) is 44.4. The van der Waals surface area contributed by atoms with E-state index in [-0.39, 0.29) is 11.9 Å². The summed E-state index contributed by atoms with van der Waals surface area (Å²) >= 11 is 1.66. The molecule has 49 heavy (non-hydrogen) atoms. The SMILES string of the molecule is C=CN=C(C=C)CCN(C)C(=O)OCOC(=O)N(C)CCc1ccccn1.CN(C)CCc1ccccn1.CSCCC(C=O)NC(C)=O. The summed E-state index contributed by atoms with van der Waals surface area (Å²) in [4.78, 5) is 61.9. The van der Waals surface area contributed by atoms with Gasteiger partial charge in [-0.15, -0.1) is 0 Å². The predicted octanol–water partition coefficient (Wildman–Crippen LogP) is 4.51. The number of allylic oxidation sites excluding steroid dienone is 1. The molecule has 0 aliphatic rings.